The van der Waals surface area contributed by atoms with Gasteiger partial charge in [-0.15, -0.1) is 0 Å². The van der Waals surface area contributed by atoms with Crippen LogP contribution in [-0.4, -0.2) is 42.7 Å². The lowest BCUT2D eigenvalue weighted by atomic mass is 10.1. The van der Waals surface area contributed by atoms with Crippen LogP contribution in [0, 0.1) is 0 Å². The van der Waals surface area contributed by atoms with E-state index in [1.165, 1.54) is 13.8 Å². The van der Waals surface area contributed by atoms with Gasteiger partial charge in [-0.1, -0.05) is 13.2 Å². The molecule has 20 heavy (non-hydrogen) atoms. The van der Waals surface area contributed by atoms with Crippen molar-refractivity contribution in [2.24, 2.45) is 0 Å². The molecule has 0 aromatic carbocycles. The van der Waals surface area contributed by atoms with Crippen molar-refractivity contribution in [3.8, 4) is 0 Å². The summed E-state index contributed by atoms with van der Waals surface area (Å²) in [4.78, 5) is 20.9. The van der Waals surface area contributed by atoms with Crippen LogP contribution < -0.4 is 5.32 Å². The molecular weight excluding hydrogens is 286 g/mol. The van der Waals surface area contributed by atoms with Gasteiger partial charge in [-0.05, 0) is 26.8 Å². The van der Waals surface area contributed by atoms with E-state index in [4.69, 9.17) is 4.55 Å². The summed E-state index contributed by atoms with van der Waals surface area (Å²) in [6.45, 7) is 11.6. The molecule has 0 saturated carbocycles. The Morgan fingerprint density at radius 1 is 1.30 bits per heavy atom. The van der Waals surface area contributed by atoms with Crippen molar-refractivity contribution in [3.63, 3.8) is 0 Å². The van der Waals surface area contributed by atoms with Crippen LogP contribution >= 0.6 is 0 Å². The van der Waals surface area contributed by atoms with E-state index in [2.05, 4.69) is 23.2 Å². The van der Waals surface area contributed by atoms with Crippen LogP contribution in [0.25, 0.3) is 0 Å². The Balaban J connectivity index is 0. The second-order valence-corrected chi connectivity index (χ2v) is 5.71. The molecule has 0 radical (unpaired) electrons. The topological polar surface area (TPSA) is 110 Å². The summed E-state index contributed by atoms with van der Waals surface area (Å²) in [5, 5.41) is 2.37. The van der Waals surface area contributed by atoms with E-state index < -0.39 is 27.3 Å². The third-order valence-corrected chi connectivity index (χ3v) is 2.73. The fourth-order valence-corrected chi connectivity index (χ4v) is 2.06. The second-order valence-electron chi connectivity index (χ2n) is 4.26. The summed E-state index contributed by atoms with van der Waals surface area (Å²) in [5.41, 5.74) is -1.00. The summed E-state index contributed by atoms with van der Waals surface area (Å²) in [5.74, 6) is -1.37. The Hall–Kier alpha value is -1.67. The summed E-state index contributed by atoms with van der Waals surface area (Å²) in [7, 11) is -4.08. The zero-order chi connectivity index (χ0) is 16.4. The molecule has 8 heteroatoms. The Morgan fingerprint density at radius 3 is 2.05 bits per heavy atom. The van der Waals surface area contributed by atoms with Crippen LogP contribution in [0.4, 0.5) is 0 Å². The maximum Gasteiger partial charge on any atom is 0.330 e. The molecule has 0 atom stereocenters. The average molecular weight is 307 g/mol. The molecule has 1 amide bonds. The van der Waals surface area contributed by atoms with Crippen molar-refractivity contribution in [3.05, 3.63) is 25.3 Å². The molecule has 0 aromatic heterocycles. The molecule has 7 nitrogen and oxygen atoms in total. The Labute approximate surface area is 119 Å². The highest BCUT2D eigenvalue weighted by molar-refractivity contribution is 7.85. The lowest BCUT2D eigenvalue weighted by molar-refractivity contribution is -0.137. The quantitative estimate of drug-likeness (QED) is 0.424. The summed E-state index contributed by atoms with van der Waals surface area (Å²) < 4.78 is 34.0. The van der Waals surface area contributed by atoms with Crippen molar-refractivity contribution in [1.29, 1.82) is 0 Å². The largest absolute Gasteiger partial charge is 0.463 e. The second kappa shape index (κ2) is 9.27. The van der Waals surface area contributed by atoms with E-state index in [0.29, 0.717) is 6.61 Å². The molecule has 0 aliphatic heterocycles. The highest BCUT2D eigenvalue weighted by Crippen LogP contribution is 2.05. The molecule has 0 fully saturated rings. The predicted octanol–water partition coefficient (Wildman–Crippen LogP) is 0.691. The molecule has 0 saturated heterocycles. The van der Waals surface area contributed by atoms with Gasteiger partial charge in [0.2, 0.25) is 5.91 Å². The molecule has 0 aliphatic carbocycles. The molecule has 0 aliphatic rings. The standard InChI is InChI=1S/C7H13NO4S.C5H8O2/c1-4-6(9)8-7(2,3)5-13(10,11)12;1-3-5(6)7-4-2/h4H,1,5H2,2-3H3,(H,8,9)(H,10,11,12);3H,1,4H2,2H3. The first kappa shape index (κ1) is 20.6. The third kappa shape index (κ3) is 14.4. The highest BCUT2D eigenvalue weighted by Gasteiger charge is 2.25. The third-order valence-electron chi connectivity index (χ3n) is 1.64. The van der Waals surface area contributed by atoms with Crippen molar-refractivity contribution < 1.29 is 27.3 Å². The number of carbonyl (C=O) groups is 2. The first-order valence-corrected chi connectivity index (χ1v) is 7.27. The molecule has 116 valence electrons. The predicted molar refractivity (Wildman–Crippen MR) is 75.7 cm³/mol. The van der Waals surface area contributed by atoms with Gasteiger partial charge < -0.3 is 10.1 Å². The highest BCUT2D eigenvalue weighted by atomic mass is 32.2. The first-order valence-electron chi connectivity index (χ1n) is 5.66. The van der Waals surface area contributed by atoms with E-state index in [-0.39, 0.29) is 5.97 Å². The van der Waals surface area contributed by atoms with Crippen molar-refractivity contribution in [2.75, 3.05) is 12.4 Å². The summed E-state index contributed by atoms with van der Waals surface area (Å²) in [6.07, 6.45) is 2.18. The average Bonchev–Trinajstić information content (AvgIpc) is 2.26. The number of hydrogen-bond acceptors (Lipinski definition) is 5. The molecule has 2 N–H and O–H groups in total. The van der Waals surface area contributed by atoms with E-state index in [1.54, 1.807) is 6.92 Å². The van der Waals surface area contributed by atoms with E-state index in [1.807, 2.05) is 0 Å². The van der Waals surface area contributed by atoms with Crippen molar-refractivity contribution in [1.82, 2.24) is 5.32 Å². The van der Waals surface area contributed by atoms with Crippen LogP contribution in [0.3, 0.4) is 0 Å². The van der Waals surface area contributed by atoms with Gasteiger partial charge in [-0.2, -0.15) is 8.42 Å². The number of carbonyl (C=O) groups excluding carboxylic acids is 2. The summed E-state index contributed by atoms with van der Waals surface area (Å²) >= 11 is 0. The van der Waals surface area contributed by atoms with Crippen LogP contribution in [0.1, 0.15) is 20.8 Å². The van der Waals surface area contributed by atoms with Gasteiger partial charge in [-0.25, -0.2) is 4.79 Å². The van der Waals surface area contributed by atoms with E-state index in [0.717, 1.165) is 12.2 Å². The molecule has 0 spiro atoms. The van der Waals surface area contributed by atoms with E-state index in [9.17, 15) is 18.0 Å². The molecule has 0 rings (SSSR count). The van der Waals surface area contributed by atoms with Gasteiger partial charge >= 0.3 is 5.97 Å². The van der Waals surface area contributed by atoms with Crippen LogP contribution in [0.2, 0.25) is 0 Å². The Bertz CT molecular complexity index is 453. The van der Waals surface area contributed by atoms with Gasteiger partial charge in [0, 0.05) is 6.08 Å². The smallest absolute Gasteiger partial charge is 0.330 e. The zero-order valence-corrected chi connectivity index (χ0v) is 12.7. The van der Waals surface area contributed by atoms with E-state index >= 15 is 0 Å². The number of esters is 1. The number of rotatable bonds is 6. The first-order chi connectivity index (χ1) is 8.97. The van der Waals surface area contributed by atoms with Crippen molar-refractivity contribution >= 4 is 22.0 Å². The monoisotopic (exact) mass is 307 g/mol. The van der Waals surface area contributed by atoms with Gasteiger partial charge in [0.15, 0.2) is 0 Å². The number of nitrogens with one attached hydrogen (secondary N) is 1. The van der Waals surface area contributed by atoms with Gasteiger partial charge in [-0.3, -0.25) is 9.35 Å². The SMILES string of the molecule is C=CC(=O)NC(C)(C)CS(=O)(=O)O.C=CC(=O)OCC. The minimum absolute atomic E-state index is 0.359. The lowest BCUT2D eigenvalue weighted by Crippen LogP contribution is -2.47. The normalized spacial score (nSPS) is 10.6. The fourth-order valence-electron chi connectivity index (χ4n) is 1.08. The minimum Gasteiger partial charge on any atom is -0.463 e. The molecular formula is C12H21NO6S. The molecule has 0 bridgehead atoms. The Morgan fingerprint density at radius 2 is 1.80 bits per heavy atom. The zero-order valence-electron chi connectivity index (χ0n) is 11.9. The number of hydrogen-bond donors (Lipinski definition) is 2. The van der Waals surface area contributed by atoms with Crippen molar-refractivity contribution in [2.45, 2.75) is 26.3 Å². The van der Waals surface area contributed by atoms with Gasteiger partial charge in [0.1, 0.15) is 0 Å². The van der Waals surface area contributed by atoms with Crippen LogP contribution in [-0.2, 0) is 24.4 Å². The molecule has 0 heterocycles. The fraction of sp³-hybridized carbons (Fsp3) is 0.500. The van der Waals surface area contributed by atoms with Gasteiger partial charge in [0.25, 0.3) is 10.1 Å². The summed E-state index contributed by atoms with van der Waals surface area (Å²) in [6, 6.07) is 0. The number of amides is 1. The Kier molecular flexibility index (Phi) is 9.57. The molecule has 0 unspecified atom stereocenters. The number of ether oxygens (including phenoxy) is 1. The minimum atomic E-state index is -4.08. The lowest BCUT2D eigenvalue weighted by Gasteiger charge is -2.23. The van der Waals surface area contributed by atoms with Gasteiger partial charge in [0.05, 0.1) is 17.9 Å². The molecule has 0 aromatic rings. The van der Waals surface area contributed by atoms with Crippen LogP contribution in [0.15, 0.2) is 25.3 Å². The van der Waals surface area contributed by atoms with Crippen LogP contribution in [0.5, 0.6) is 0 Å². The maximum absolute atomic E-state index is 10.8. The maximum atomic E-state index is 10.8.